The molecule has 22 heavy (non-hydrogen) atoms. The first-order chi connectivity index (χ1) is 10.4. The first-order valence-corrected chi connectivity index (χ1v) is 9.81. The van der Waals surface area contributed by atoms with Crippen LogP contribution in [0.2, 0.25) is 0 Å². The van der Waals surface area contributed by atoms with Crippen LogP contribution in [0.4, 0.5) is 0 Å². The normalized spacial score (nSPS) is 18.6. The standard InChI is InChI=1S/C16H28N4S2/c1-6-17-15(20-9-10-21-16(4,5)11-20)18-8-7-14-12(2)19-13(3)22-14/h6-11H2,1-5H3,(H,17,18). The molecule has 0 bridgehead atoms. The molecule has 4 nitrogen and oxygen atoms in total. The molecule has 2 heterocycles. The Kier molecular flexibility index (Phi) is 6.15. The molecule has 124 valence electrons. The van der Waals surface area contributed by atoms with E-state index in [2.05, 4.69) is 61.6 Å². The van der Waals surface area contributed by atoms with Crippen LogP contribution in [0, 0.1) is 13.8 Å². The molecule has 0 radical (unpaired) electrons. The summed E-state index contributed by atoms with van der Waals surface area (Å²) in [6.07, 6.45) is 0.984. The van der Waals surface area contributed by atoms with Crippen molar-refractivity contribution in [3.8, 4) is 0 Å². The van der Waals surface area contributed by atoms with E-state index in [1.54, 1.807) is 11.3 Å². The second-order valence-electron chi connectivity index (χ2n) is 6.26. The van der Waals surface area contributed by atoms with Crippen LogP contribution in [0.15, 0.2) is 4.99 Å². The van der Waals surface area contributed by atoms with Crippen molar-refractivity contribution >= 4 is 29.1 Å². The van der Waals surface area contributed by atoms with Crippen molar-refractivity contribution in [1.29, 1.82) is 0 Å². The Balaban J connectivity index is 1.99. The fraction of sp³-hybridized carbons (Fsp3) is 0.750. The minimum Gasteiger partial charge on any atom is -0.357 e. The Bertz CT molecular complexity index is 522. The summed E-state index contributed by atoms with van der Waals surface area (Å²) in [6.45, 7) is 14.8. The van der Waals surface area contributed by atoms with Gasteiger partial charge in [-0.3, -0.25) is 4.99 Å². The molecule has 6 heteroatoms. The quantitative estimate of drug-likeness (QED) is 0.675. The van der Waals surface area contributed by atoms with E-state index in [9.17, 15) is 0 Å². The molecular formula is C16H28N4S2. The lowest BCUT2D eigenvalue weighted by Gasteiger charge is -2.39. The lowest BCUT2D eigenvalue weighted by Crippen LogP contribution is -2.51. The summed E-state index contributed by atoms with van der Waals surface area (Å²) >= 11 is 3.85. The van der Waals surface area contributed by atoms with Gasteiger partial charge in [0.1, 0.15) is 0 Å². The van der Waals surface area contributed by atoms with Crippen molar-refractivity contribution in [3.05, 3.63) is 15.6 Å². The number of hydrogen-bond acceptors (Lipinski definition) is 4. The number of nitrogens with zero attached hydrogens (tertiary/aromatic N) is 3. The maximum absolute atomic E-state index is 4.85. The van der Waals surface area contributed by atoms with Crippen molar-refractivity contribution in [3.63, 3.8) is 0 Å². The van der Waals surface area contributed by atoms with Crippen LogP contribution in [-0.2, 0) is 6.42 Å². The highest BCUT2D eigenvalue weighted by Crippen LogP contribution is 2.29. The molecule has 1 aliphatic heterocycles. The lowest BCUT2D eigenvalue weighted by atomic mass is 10.2. The number of thioether (sulfide) groups is 1. The molecule has 1 aliphatic rings. The van der Waals surface area contributed by atoms with E-state index in [0.29, 0.717) is 4.75 Å². The summed E-state index contributed by atoms with van der Waals surface area (Å²) in [6, 6.07) is 0. The van der Waals surface area contributed by atoms with E-state index in [1.807, 2.05) is 0 Å². The first-order valence-electron chi connectivity index (χ1n) is 8.01. The minimum atomic E-state index is 0.305. The highest BCUT2D eigenvalue weighted by atomic mass is 32.2. The van der Waals surface area contributed by atoms with Gasteiger partial charge in [0.2, 0.25) is 0 Å². The van der Waals surface area contributed by atoms with Gasteiger partial charge in [0.25, 0.3) is 0 Å². The Morgan fingerprint density at radius 1 is 1.41 bits per heavy atom. The summed E-state index contributed by atoms with van der Waals surface area (Å²) in [5.41, 5.74) is 1.17. The van der Waals surface area contributed by atoms with E-state index in [1.165, 1.54) is 16.3 Å². The average Bonchev–Trinajstić information content (AvgIpc) is 2.75. The summed E-state index contributed by atoms with van der Waals surface area (Å²) < 4.78 is 0.305. The van der Waals surface area contributed by atoms with Gasteiger partial charge in [-0.1, -0.05) is 0 Å². The van der Waals surface area contributed by atoms with Crippen LogP contribution in [0.5, 0.6) is 0 Å². The number of aromatic nitrogens is 1. The summed E-state index contributed by atoms with van der Waals surface area (Å²) in [4.78, 5) is 13.1. The maximum atomic E-state index is 4.85. The second kappa shape index (κ2) is 7.68. The molecule has 1 aromatic rings. The third kappa shape index (κ3) is 4.88. The third-order valence-corrected chi connectivity index (χ3v) is 6.09. The van der Waals surface area contributed by atoms with Gasteiger partial charge >= 0.3 is 0 Å². The topological polar surface area (TPSA) is 40.5 Å². The summed E-state index contributed by atoms with van der Waals surface area (Å²) in [5.74, 6) is 2.24. The van der Waals surface area contributed by atoms with Gasteiger partial charge in [-0.05, 0) is 34.6 Å². The molecule has 0 aromatic carbocycles. The van der Waals surface area contributed by atoms with Gasteiger partial charge < -0.3 is 10.2 Å². The van der Waals surface area contributed by atoms with E-state index < -0.39 is 0 Å². The molecular weight excluding hydrogens is 312 g/mol. The minimum absolute atomic E-state index is 0.305. The number of nitrogens with one attached hydrogen (secondary N) is 1. The van der Waals surface area contributed by atoms with E-state index >= 15 is 0 Å². The smallest absolute Gasteiger partial charge is 0.193 e. The van der Waals surface area contributed by atoms with Crippen molar-refractivity contribution < 1.29 is 0 Å². The van der Waals surface area contributed by atoms with E-state index in [0.717, 1.165) is 43.6 Å². The van der Waals surface area contributed by atoms with Gasteiger partial charge in [0.15, 0.2) is 5.96 Å². The predicted molar refractivity (Wildman–Crippen MR) is 99.4 cm³/mol. The molecule has 0 atom stereocenters. The van der Waals surface area contributed by atoms with Crippen LogP contribution in [0.25, 0.3) is 0 Å². The fourth-order valence-corrected chi connectivity index (χ4v) is 4.73. The van der Waals surface area contributed by atoms with Gasteiger partial charge in [0.05, 0.1) is 10.7 Å². The average molecular weight is 341 g/mol. The molecule has 0 amide bonds. The van der Waals surface area contributed by atoms with E-state index in [-0.39, 0.29) is 0 Å². The summed E-state index contributed by atoms with van der Waals surface area (Å²) in [7, 11) is 0. The number of hydrogen-bond donors (Lipinski definition) is 1. The van der Waals surface area contributed by atoms with Gasteiger partial charge in [-0.15, -0.1) is 11.3 Å². The highest BCUT2D eigenvalue weighted by molar-refractivity contribution is 8.00. The zero-order chi connectivity index (χ0) is 16.2. The number of aryl methyl sites for hydroxylation is 2. The van der Waals surface area contributed by atoms with Crippen molar-refractivity contribution in [2.24, 2.45) is 4.99 Å². The molecule has 0 unspecified atom stereocenters. The number of thiazole rings is 1. The maximum Gasteiger partial charge on any atom is 0.193 e. The zero-order valence-corrected chi connectivity index (χ0v) is 16.0. The fourth-order valence-electron chi connectivity index (χ4n) is 2.69. The van der Waals surface area contributed by atoms with Crippen LogP contribution < -0.4 is 5.32 Å². The van der Waals surface area contributed by atoms with E-state index in [4.69, 9.17) is 4.99 Å². The Labute approximate surface area is 142 Å². The van der Waals surface area contributed by atoms with Crippen molar-refractivity contribution in [2.45, 2.75) is 45.8 Å². The first kappa shape index (κ1) is 17.6. The Morgan fingerprint density at radius 2 is 2.18 bits per heavy atom. The monoisotopic (exact) mass is 340 g/mol. The van der Waals surface area contributed by atoms with Crippen molar-refractivity contribution in [1.82, 2.24) is 15.2 Å². The Hall–Kier alpha value is -0.750. The Morgan fingerprint density at radius 3 is 2.77 bits per heavy atom. The predicted octanol–water partition coefficient (Wildman–Crippen LogP) is 3.10. The molecule has 1 N–H and O–H groups in total. The highest BCUT2D eigenvalue weighted by Gasteiger charge is 2.28. The molecule has 0 saturated carbocycles. The van der Waals surface area contributed by atoms with Gasteiger partial charge in [0, 0.05) is 48.0 Å². The number of guanidine groups is 1. The number of rotatable bonds is 4. The molecule has 1 fully saturated rings. The zero-order valence-electron chi connectivity index (χ0n) is 14.4. The van der Waals surface area contributed by atoms with Gasteiger partial charge in [-0.25, -0.2) is 4.98 Å². The molecule has 0 aliphatic carbocycles. The van der Waals surface area contributed by atoms with Crippen LogP contribution in [0.1, 0.15) is 36.3 Å². The SMILES string of the molecule is CCNC(=NCCc1sc(C)nc1C)N1CCSC(C)(C)C1. The molecule has 2 rings (SSSR count). The molecule has 1 aromatic heterocycles. The molecule has 1 saturated heterocycles. The van der Waals surface area contributed by atoms with Crippen molar-refractivity contribution in [2.75, 3.05) is 31.9 Å². The van der Waals surface area contributed by atoms with Crippen LogP contribution in [0.3, 0.4) is 0 Å². The van der Waals surface area contributed by atoms with Gasteiger partial charge in [-0.2, -0.15) is 11.8 Å². The third-order valence-electron chi connectivity index (χ3n) is 3.66. The number of aliphatic imine (C=N–C) groups is 1. The largest absolute Gasteiger partial charge is 0.357 e. The lowest BCUT2D eigenvalue weighted by molar-refractivity contribution is 0.376. The second-order valence-corrected chi connectivity index (χ2v) is 9.35. The molecule has 0 spiro atoms. The van der Waals surface area contributed by atoms with Crippen LogP contribution in [-0.4, -0.2) is 52.5 Å². The van der Waals surface area contributed by atoms with Crippen LogP contribution >= 0.6 is 23.1 Å². The summed E-state index contributed by atoms with van der Waals surface area (Å²) in [5, 5.41) is 4.60.